The van der Waals surface area contributed by atoms with Crippen molar-refractivity contribution in [3.63, 3.8) is 0 Å². The van der Waals surface area contributed by atoms with E-state index in [-0.39, 0.29) is 11.7 Å². The van der Waals surface area contributed by atoms with Crippen LogP contribution >= 0.6 is 11.3 Å². The number of thiazole rings is 1. The zero-order chi connectivity index (χ0) is 13.7. The van der Waals surface area contributed by atoms with Gasteiger partial charge in [0.15, 0.2) is 10.7 Å². The average molecular weight is 278 g/mol. The maximum Gasteiger partial charge on any atom is 0.194 e. The van der Waals surface area contributed by atoms with Crippen LogP contribution in [0.2, 0.25) is 0 Å². The van der Waals surface area contributed by atoms with Crippen molar-refractivity contribution in [3.8, 4) is 0 Å². The van der Waals surface area contributed by atoms with Crippen LogP contribution in [0.1, 0.15) is 62.9 Å². The van der Waals surface area contributed by atoms with Gasteiger partial charge in [-0.15, -0.1) is 11.3 Å². The number of nitrogens with zero attached hydrogens (tertiary/aromatic N) is 2. The molecular formula is C15H22N2OS. The molecule has 0 atom stereocenters. The lowest BCUT2D eigenvalue weighted by molar-refractivity contribution is 0.0896. The Kier molecular flexibility index (Phi) is 5.14. The van der Waals surface area contributed by atoms with Crippen LogP contribution in [0.15, 0.2) is 17.8 Å². The molecule has 0 aromatic carbocycles. The Hall–Kier alpha value is -1.16. The Balaban J connectivity index is 2.15. The third kappa shape index (κ3) is 3.24. The first-order valence-corrected chi connectivity index (χ1v) is 8.10. The summed E-state index contributed by atoms with van der Waals surface area (Å²) in [4.78, 5) is 17.9. The van der Waals surface area contributed by atoms with E-state index in [9.17, 15) is 4.79 Å². The fourth-order valence-electron chi connectivity index (χ4n) is 2.43. The number of fused-ring (bicyclic) bond motifs is 1. The van der Waals surface area contributed by atoms with Gasteiger partial charge in [-0.05, 0) is 12.8 Å². The lowest BCUT2D eigenvalue weighted by Gasteiger charge is -2.14. The molecule has 0 radical (unpaired) electrons. The molecule has 3 nitrogen and oxygen atoms in total. The molecule has 4 heteroatoms. The molecule has 2 aromatic rings. The monoisotopic (exact) mass is 278 g/mol. The van der Waals surface area contributed by atoms with Crippen LogP contribution in [-0.4, -0.2) is 15.2 Å². The lowest BCUT2D eigenvalue weighted by Crippen LogP contribution is -2.16. The number of hydrogen-bond donors (Lipinski definition) is 0. The highest BCUT2D eigenvalue weighted by atomic mass is 32.1. The maximum absolute atomic E-state index is 12.7. The topological polar surface area (TPSA) is 34.4 Å². The molecule has 2 aromatic heterocycles. The Morgan fingerprint density at radius 1 is 1.32 bits per heavy atom. The predicted molar refractivity (Wildman–Crippen MR) is 79.9 cm³/mol. The zero-order valence-corrected chi connectivity index (χ0v) is 12.6. The molecule has 0 aliphatic heterocycles. The van der Waals surface area contributed by atoms with Crippen LogP contribution < -0.4 is 0 Å². The summed E-state index contributed by atoms with van der Waals surface area (Å²) in [6.45, 7) is 4.36. The summed E-state index contributed by atoms with van der Waals surface area (Å²) in [5.74, 6) is 0.438. The smallest absolute Gasteiger partial charge is 0.194 e. The summed E-state index contributed by atoms with van der Waals surface area (Å²) in [5, 5.41) is 1.98. The number of ketones is 1. The fourth-order valence-corrected chi connectivity index (χ4v) is 3.12. The fraction of sp³-hybridized carbons (Fsp3) is 0.600. The van der Waals surface area contributed by atoms with E-state index in [4.69, 9.17) is 0 Å². The molecule has 0 bridgehead atoms. The SMILES string of the molecule is CCCCC(CCCC)C(=O)c1cnc2sccn12. The van der Waals surface area contributed by atoms with E-state index >= 15 is 0 Å². The van der Waals surface area contributed by atoms with Gasteiger partial charge in [-0.1, -0.05) is 39.5 Å². The molecule has 0 N–H and O–H groups in total. The number of Topliss-reactive ketones (excluding diaryl/α,β-unsaturated/α-hetero) is 1. The van der Waals surface area contributed by atoms with Gasteiger partial charge in [0.25, 0.3) is 0 Å². The first-order valence-electron chi connectivity index (χ1n) is 7.22. The molecule has 0 unspecified atom stereocenters. The summed E-state index contributed by atoms with van der Waals surface area (Å²) in [7, 11) is 0. The second kappa shape index (κ2) is 6.85. The molecule has 19 heavy (non-hydrogen) atoms. The van der Waals surface area contributed by atoms with Gasteiger partial charge in [0, 0.05) is 17.5 Å². The van der Waals surface area contributed by atoms with Crippen molar-refractivity contribution < 1.29 is 4.79 Å². The molecule has 0 amide bonds. The largest absolute Gasteiger partial charge is 0.292 e. The maximum atomic E-state index is 12.7. The molecule has 2 rings (SSSR count). The Morgan fingerprint density at radius 3 is 2.63 bits per heavy atom. The van der Waals surface area contributed by atoms with Crippen LogP contribution in [0.3, 0.4) is 0 Å². The van der Waals surface area contributed by atoms with E-state index in [1.165, 1.54) is 0 Å². The van der Waals surface area contributed by atoms with E-state index < -0.39 is 0 Å². The zero-order valence-electron chi connectivity index (χ0n) is 11.8. The van der Waals surface area contributed by atoms with E-state index in [1.54, 1.807) is 17.5 Å². The predicted octanol–water partition coefficient (Wildman–Crippen LogP) is 4.58. The van der Waals surface area contributed by atoms with E-state index in [0.29, 0.717) is 0 Å². The summed E-state index contributed by atoms with van der Waals surface area (Å²) in [5.41, 5.74) is 0.758. The van der Waals surface area contributed by atoms with Crippen LogP contribution in [0.25, 0.3) is 4.96 Å². The molecule has 0 spiro atoms. The van der Waals surface area contributed by atoms with Gasteiger partial charge >= 0.3 is 0 Å². The normalized spacial score (nSPS) is 11.5. The van der Waals surface area contributed by atoms with Gasteiger partial charge < -0.3 is 0 Å². The Bertz CT molecular complexity index is 521. The second-order valence-corrected chi connectivity index (χ2v) is 5.92. The second-order valence-electron chi connectivity index (χ2n) is 5.04. The van der Waals surface area contributed by atoms with Crippen LogP contribution in [0.5, 0.6) is 0 Å². The number of carbonyl (C=O) groups excluding carboxylic acids is 1. The van der Waals surface area contributed by atoms with Crippen LogP contribution in [-0.2, 0) is 0 Å². The molecule has 0 fully saturated rings. The van der Waals surface area contributed by atoms with Gasteiger partial charge in [-0.25, -0.2) is 4.98 Å². The molecular weight excluding hydrogens is 256 g/mol. The van der Waals surface area contributed by atoms with Crippen molar-refractivity contribution in [1.29, 1.82) is 0 Å². The van der Waals surface area contributed by atoms with Crippen molar-refractivity contribution in [2.45, 2.75) is 52.4 Å². The number of hydrogen-bond acceptors (Lipinski definition) is 3. The first-order chi connectivity index (χ1) is 9.27. The highest BCUT2D eigenvalue weighted by Crippen LogP contribution is 2.23. The summed E-state index contributed by atoms with van der Waals surface area (Å²) >= 11 is 1.57. The molecule has 0 aliphatic rings. The summed E-state index contributed by atoms with van der Waals surface area (Å²) in [6.07, 6.45) is 10.2. The molecule has 2 heterocycles. The first kappa shape index (κ1) is 14.3. The van der Waals surface area contributed by atoms with Crippen molar-refractivity contribution in [1.82, 2.24) is 9.38 Å². The third-order valence-electron chi connectivity index (χ3n) is 3.58. The minimum absolute atomic E-state index is 0.166. The van der Waals surface area contributed by atoms with Crippen molar-refractivity contribution >= 4 is 22.1 Å². The number of aromatic nitrogens is 2. The molecule has 0 saturated heterocycles. The quantitative estimate of drug-likeness (QED) is 0.663. The summed E-state index contributed by atoms with van der Waals surface area (Å²) in [6, 6.07) is 0. The van der Waals surface area contributed by atoms with Gasteiger partial charge in [0.05, 0.1) is 6.20 Å². The lowest BCUT2D eigenvalue weighted by atomic mass is 9.90. The van der Waals surface area contributed by atoms with Crippen molar-refractivity contribution in [3.05, 3.63) is 23.5 Å². The van der Waals surface area contributed by atoms with E-state index in [0.717, 1.165) is 49.2 Å². The van der Waals surface area contributed by atoms with Gasteiger partial charge in [0.2, 0.25) is 0 Å². The van der Waals surface area contributed by atoms with Crippen LogP contribution in [0.4, 0.5) is 0 Å². The minimum Gasteiger partial charge on any atom is -0.292 e. The van der Waals surface area contributed by atoms with E-state index in [1.807, 2.05) is 16.0 Å². The van der Waals surface area contributed by atoms with Crippen LogP contribution in [0, 0.1) is 5.92 Å². The number of imidazole rings is 1. The Labute approximate surface area is 118 Å². The Morgan fingerprint density at radius 2 is 2.00 bits per heavy atom. The van der Waals surface area contributed by atoms with Gasteiger partial charge in [-0.3, -0.25) is 9.20 Å². The molecule has 104 valence electrons. The molecule has 0 aliphatic carbocycles. The average Bonchev–Trinajstić information content (AvgIpc) is 3.00. The standard InChI is InChI=1S/C15H22N2OS/c1-3-5-7-12(8-6-4-2)14(18)13-11-16-15-17(13)9-10-19-15/h9-12H,3-8H2,1-2H3. The van der Waals surface area contributed by atoms with Crippen molar-refractivity contribution in [2.24, 2.45) is 5.92 Å². The van der Waals surface area contributed by atoms with Gasteiger partial charge in [0.1, 0.15) is 5.69 Å². The van der Waals surface area contributed by atoms with Crippen molar-refractivity contribution in [2.75, 3.05) is 0 Å². The number of carbonyl (C=O) groups is 1. The number of rotatable bonds is 8. The highest BCUT2D eigenvalue weighted by molar-refractivity contribution is 7.15. The van der Waals surface area contributed by atoms with Gasteiger partial charge in [-0.2, -0.15) is 0 Å². The minimum atomic E-state index is 0.166. The third-order valence-corrected chi connectivity index (χ3v) is 4.35. The molecule has 0 saturated carbocycles. The highest BCUT2D eigenvalue weighted by Gasteiger charge is 2.22. The number of unbranched alkanes of at least 4 members (excludes halogenated alkanes) is 2. The summed E-state index contributed by atoms with van der Waals surface area (Å²) < 4.78 is 1.93. The van der Waals surface area contributed by atoms with E-state index in [2.05, 4.69) is 18.8 Å².